The van der Waals surface area contributed by atoms with Crippen LogP contribution in [0, 0.1) is 5.92 Å². The molecule has 1 aliphatic carbocycles. The molecule has 1 heterocycles. The van der Waals surface area contributed by atoms with Crippen molar-refractivity contribution in [2.24, 2.45) is 5.92 Å². The van der Waals surface area contributed by atoms with Crippen LogP contribution in [-0.4, -0.2) is 27.1 Å². The summed E-state index contributed by atoms with van der Waals surface area (Å²) in [5.74, 6) is -0.121. The van der Waals surface area contributed by atoms with Gasteiger partial charge in [-0.2, -0.15) is 0 Å². The highest BCUT2D eigenvalue weighted by atomic mass is 16.4. The van der Waals surface area contributed by atoms with E-state index < -0.39 is 5.97 Å². The van der Waals surface area contributed by atoms with Crippen LogP contribution >= 0.6 is 0 Å². The van der Waals surface area contributed by atoms with Gasteiger partial charge in [-0.15, -0.1) is 0 Å². The molecule has 0 saturated heterocycles. The number of aromatic nitrogens is 2. The van der Waals surface area contributed by atoms with Gasteiger partial charge in [0, 0.05) is 18.4 Å². The summed E-state index contributed by atoms with van der Waals surface area (Å²) in [6.45, 7) is 4.15. The molecular formula is C11H15N3O2. The summed E-state index contributed by atoms with van der Waals surface area (Å²) < 4.78 is 0. The minimum Gasteiger partial charge on any atom is -0.481 e. The highest BCUT2D eigenvalue weighted by Crippen LogP contribution is 2.32. The van der Waals surface area contributed by atoms with E-state index in [2.05, 4.69) is 29.1 Å². The number of anilines is 1. The van der Waals surface area contributed by atoms with Crippen LogP contribution in [0.3, 0.4) is 0 Å². The second-order valence-corrected chi connectivity index (χ2v) is 4.43. The Morgan fingerprint density at radius 1 is 1.50 bits per heavy atom. The third-order valence-corrected chi connectivity index (χ3v) is 2.76. The SMILES string of the molecule is CC(C)c1cnc(NC2CC2C(=O)O)nc1. The Morgan fingerprint density at radius 2 is 2.12 bits per heavy atom. The molecule has 16 heavy (non-hydrogen) atoms. The predicted molar refractivity (Wildman–Crippen MR) is 59.3 cm³/mol. The zero-order valence-electron chi connectivity index (χ0n) is 9.34. The average molecular weight is 221 g/mol. The molecule has 2 atom stereocenters. The molecule has 0 spiro atoms. The van der Waals surface area contributed by atoms with Gasteiger partial charge in [-0.25, -0.2) is 9.97 Å². The van der Waals surface area contributed by atoms with Crippen LogP contribution in [-0.2, 0) is 4.79 Å². The van der Waals surface area contributed by atoms with Crippen molar-refractivity contribution in [2.75, 3.05) is 5.32 Å². The maximum absolute atomic E-state index is 10.6. The normalized spacial score (nSPS) is 23.2. The van der Waals surface area contributed by atoms with E-state index in [1.807, 2.05) is 0 Å². The second kappa shape index (κ2) is 4.08. The minimum absolute atomic E-state index is 0.0117. The number of hydrogen-bond acceptors (Lipinski definition) is 4. The van der Waals surface area contributed by atoms with Crippen LogP contribution in [0.5, 0.6) is 0 Å². The van der Waals surface area contributed by atoms with Crippen molar-refractivity contribution in [3.8, 4) is 0 Å². The number of rotatable bonds is 4. The number of carboxylic acids is 1. The quantitative estimate of drug-likeness (QED) is 0.805. The molecule has 0 radical (unpaired) electrons. The van der Waals surface area contributed by atoms with Gasteiger partial charge in [0.1, 0.15) is 0 Å². The lowest BCUT2D eigenvalue weighted by Gasteiger charge is -2.06. The first-order valence-electron chi connectivity index (χ1n) is 5.39. The van der Waals surface area contributed by atoms with E-state index >= 15 is 0 Å². The Morgan fingerprint density at radius 3 is 2.56 bits per heavy atom. The van der Waals surface area contributed by atoms with Crippen molar-refractivity contribution in [2.45, 2.75) is 32.2 Å². The first kappa shape index (κ1) is 10.9. The Hall–Kier alpha value is -1.65. The third kappa shape index (κ3) is 2.29. The second-order valence-electron chi connectivity index (χ2n) is 4.43. The molecule has 0 bridgehead atoms. The zero-order chi connectivity index (χ0) is 11.7. The summed E-state index contributed by atoms with van der Waals surface area (Å²) in [5.41, 5.74) is 1.08. The molecular weight excluding hydrogens is 206 g/mol. The number of nitrogens with zero attached hydrogens (tertiary/aromatic N) is 2. The largest absolute Gasteiger partial charge is 0.481 e. The number of hydrogen-bond donors (Lipinski definition) is 2. The maximum atomic E-state index is 10.6. The van der Waals surface area contributed by atoms with Gasteiger partial charge in [-0.1, -0.05) is 13.8 Å². The van der Waals surface area contributed by atoms with E-state index in [-0.39, 0.29) is 12.0 Å². The van der Waals surface area contributed by atoms with E-state index in [0.717, 1.165) is 5.56 Å². The first-order valence-corrected chi connectivity index (χ1v) is 5.39. The Kier molecular flexibility index (Phi) is 2.77. The fourth-order valence-corrected chi connectivity index (χ4v) is 1.50. The van der Waals surface area contributed by atoms with E-state index in [1.165, 1.54) is 0 Å². The van der Waals surface area contributed by atoms with Gasteiger partial charge < -0.3 is 10.4 Å². The molecule has 0 aromatic carbocycles. The molecule has 86 valence electrons. The topological polar surface area (TPSA) is 75.1 Å². The van der Waals surface area contributed by atoms with Gasteiger partial charge in [-0.05, 0) is 17.9 Å². The van der Waals surface area contributed by atoms with E-state index in [1.54, 1.807) is 12.4 Å². The van der Waals surface area contributed by atoms with Gasteiger partial charge in [0.05, 0.1) is 5.92 Å². The van der Waals surface area contributed by atoms with Crippen molar-refractivity contribution in [1.82, 2.24) is 9.97 Å². The lowest BCUT2D eigenvalue weighted by atomic mass is 10.1. The summed E-state index contributed by atoms with van der Waals surface area (Å²) in [5, 5.41) is 11.7. The van der Waals surface area contributed by atoms with E-state index in [9.17, 15) is 4.79 Å². The Bertz CT molecular complexity index is 389. The smallest absolute Gasteiger partial charge is 0.308 e. The van der Waals surface area contributed by atoms with Gasteiger partial charge in [0.15, 0.2) is 0 Å². The highest BCUT2D eigenvalue weighted by Gasteiger charge is 2.43. The molecule has 2 N–H and O–H groups in total. The first-order chi connectivity index (χ1) is 7.58. The Balaban J connectivity index is 1.94. The summed E-state index contributed by atoms with van der Waals surface area (Å²) in [7, 11) is 0. The van der Waals surface area contributed by atoms with Gasteiger partial charge >= 0.3 is 5.97 Å². The van der Waals surface area contributed by atoms with Gasteiger partial charge in [0.2, 0.25) is 5.95 Å². The molecule has 5 heteroatoms. The fourth-order valence-electron chi connectivity index (χ4n) is 1.50. The summed E-state index contributed by atoms with van der Waals surface area (Å²) >= 11 is 0. The van der Waals surface area contributed by atoms with Gasteiger partial charge in [0.25, 0.3) is 0 Å². The van der Waals surface area contributed by atoms with Crippen molar-refractivity contribution < 1.29 is 9.90 Å². The minimum atomic E-state index is -0.753. The molecule has 0 aliphatic heterocycles. The molecule has 1 aliphatic rings. The fraction of sp³-hybridized carbons (Fsp3) is 0.545. The number of carbonyl (C=O) groups is 1. The van der Waals surface area contributed by atoms with Crippen molar-refractivity contribution >= 4 is 11.9 Å². The third-order valence-electron chi connectivity index (χ3n) is 2.76. The van der Waals surface area contributed by atoms with Gasteiger partial charge in [-0.3, -0.25) is 4.79 Å². The lowest BCUT2D eigenvalue weighted by Crippen LogP contribution is -2.12. The molecule has 2 unspecified atom stereocenters. The molecule has 1 aromatic rings. The van der Waals surface area contributed by atoms with Crippen LogP contribution in [0.4, 0.5) is 5.95 Å². The van der Waals surface area contributed by atoms with Crippen molar-refractivity contribution in [1.29, 1.82) is 0 Å². The molecule has 2 rings (SSSR count). The predicted octanol–water partition coefficient (Wildman–Crippen LogP) is 1.49. The van der Waals surface area contributed by atoms with Crippen molar-refractivity contribution in [3.05, 3.63) is 18.0 Å². The molecule has 5 nitrogen and oxygen atoms in total. The van der Waals surface area contributed by atoms with Crippen LogP contribution in [0.25, 0.3) is 0 Å². The number of carboxylic acid groups (broad SMARTS) is 1. The van der Waals surface area contributed by atoms with Crippen LogP contribution in [0.1, 0.15) is 31.7 Å². The highest BCUT2D eigenvalue weighted by molar-refractivity contribution is 5.75. The molecule has 1 saturated carbocycles. The molecule has 1 aromatic heterocycles. The molecule has 0 amide bonds. The summed E-state index contributed by atoms with van der Waals surface area (Å²) in [4.78, 5) is 18.9. The van der Waals surface area contributed by atoms with Crippen LogP contribution in [0.15, 0.2) is 12.4 Å². The van der Waals surface area contributed by atoms with Crippen LogP contribution < -0.4 is 5.32 Å². The standard InChI is InChI=1S/C11H15N3O2/c1-6(2)7-4-12-11(13-5-7)14-9-3-8(9)10(15)16/h4-6,8-9H,3H2,1-2H3,(H,15,16)(H,12,13,14). The monoisotopic (exact) mass is 221 g/mol. The average Bonchev–Trinajstić information content (AvgIpc) is 2.98. The number of nitrogens with one attached hydrogen (secondary N) is 1. The number of aliphatic carboxylic acids is 1. The zero-order valence-corrected chi connectivity index (χ0v) is 9.34. The summed E-state index contributed by atoms with van der Waals surface area (Å²) in [6, 6.07) is -0.0117. The van der Waals surface area contributed by atoms with E-state index in [0.29, 0.717) is 18.3 Å². The van der Waals surface area contributed by atoms with Crippen LogP contribution in [0.2, 0.25) is 0 Å². The summed E-state index contributed by atoms with van der Waals surface area (Å²) in [6.07, 6.45) is 4.21. The van der Waals surface area contributed by atoms with Crippen molar-refractivity contribution in [3.63, 3.8) is 0 Å². The molecule has 1 fully saturated rings. The Labute approximate surface area is 93.9 Å². The maximum Gasteiger partial charge on any atom is 0.308 e. The lowest BCUT2D eigenvalue weighted by molar-refractivity contribution is -0.138. The van der Waals surface area contributed by atoms with E-state index in [4.69, 9.17) is 5.11 Å².